The molecule has 1 aromatic heterocycles. The van der Waals surface area contributed by atoms with Crippen molar-refractivity contribution in [1.82, 2.24) is 4.98 Å². The summed E-state index contributed by atoms with van der Waals surface area (Å²) in [5.74, 6) is 0.727. The normalized spacial score (nSPS) is 28.2. The summed E-state index contributed by atoms with van der Waals surface area (Å²) < 4.78 is 0. The van der Waals surface area contributed by atoms with Gasteiger partial charge < -0.3 is 0 Å². The zero-order chi connectivity index (χ0) is 10.1. The molecule has 0 spiro atoms. The van der Waals surface area contributed by atoms with Crippen LogP contribution >= 0.6 is 33.1 Å². The fraction of sp³-hybridized carbons (Fsp3) is 0.444. The van der Waals surface area contributed by atoms with Gasteiger partial charge in [0.1, 0.15) is 0 Å². The number of hydrogen-bond acceptors (Lipinski definition) is 1. The van der Waals surface area contributed by atoms with Crippen molar-refractivity contribution >= 4 is 33.1 Å². The van der Waals surface area contributed by atoms with Crippen molar-refractivity contribution in [1.29, 1.82) is 0 Å². The van der Waals surface area contributed by atoms with Crippen LogP contribution in [0.15, 0.2) is 18.5 Å². The van der Waals surface area contributed by atoms with Crippen molar-refractivity contribution in [3.8, 4) is 0 Å². The van der Waals surface area contributed by atoms with E-state index in [0.29, 0.717) is 0 Å². The second-order valence-electron chi connectivity index (χ2n) is 3.67. The van der Waals surface area contributed by atoms with Crippen molar-refractivity contribution < 1.29 is 0 Å². The fourth-order valence-electron chi connectivity index (χ4n) is 2.10. The van der Waals surface area contributed by atoms with Gasteiger partial charge in [-0.1, -0.05) is 22.2 Å². The summed E-state index contributed by atoms with van der Waals surface area (Å²) in [6.45, 7) is 2.36. The van der Waals surface area contributed by atoms with Crippen LogP contribution in [0.4, 0.5) is 0 Å². The Morgan fingerprint density at radius 3 is 3.07 bits per heavy atom. The quantitative estimate of drug-likeness (QED) is 0.738. The van der Waals surface area contributed by atoms with Crippen molar-refractivity contribution in [2.45, 2.75) is 24.9 Å². The van der Waals surface area contributed by atoms with Crippen LogP contribution in [0, 0.1) is 0 Å². The number of nitrogens with zero attached hydrogens (tertiary/aromatic N) is 1. The highest BCUT2D eigenvalue weighted by atomic mass is 32.6. The molecule has 1 aromatic rings. The molecule has 1 heterocycles. The minimum atomic E-state index is 0.114. The predicted molar refractivity (Wildman–Crippen MR) is 74.8 cm³/mol. The highest BCUT2D eigenvalue weighted by Gasteiger charge is 2.32. The lowest BCUT2D eigenvalue weighted by atomic mass is 10.1. The highest BCUT2D eigenvalue weighted by Crippen LogP contribution is 2.72. The predicted octanol–water partition coefficient (Wildman–Crippen LogP) is 3.77. The van der Waals surface area contributed by atoms with Crippen molar-refractivity contribution in [2.75, 3.05) is 0 Å². The Hall–Kier alpha value is 0.870. The molecule has 0 N–H and O–H groups in total. The van der Waals surface area contributed by atoms with Crippen LogP contribution in [0.1, 0.15) is 24.0 Å². The van der Waals surface area contributed by atoms with E-state index in [1.807, 2.05) is 12.4 Å². The highest BCUT2D eigenvalue weighted by molar-refractivity contribution is 8.61. The smallest absolute Gasteiger partial charge is 0.0302 e. The van der Waals surface area contributed by atoms with E-state index in [1.165, 1.54) is 17.5 Å². The monoisotopic (exact) mass is 261 g/mol. The van der Waals surface area contributed by atoms with Gasteiger partial charge >= 0.3 is 0 Å². The molecule has 1 nitrogen and oxygen atoms in total. The van der Waals surface area contributed by atoms with Gasteiger partial charge in [-0.25, -0.2) is 0 Å². The molecule has 0 fully saturated rings. The third kappa shape index (κ3) is 2.03. The molecule has 6 atom stereocenters. The van der Waals surface area contributed by atoms with E-state index in [-0.39, 0.29) is 7.30 Å². The van der Waals surface area contributed by atoms with Gasteiger partial charge in [-0.05, 0) is 35.2 Å². The summed E-state index contributed by atoms with van der Waals surface area (Å²) in [6, 6.07) is 2.19. The maximum atomic E-state index is 4.21. The molecule has 14 heavy (non-hydrogen) atoms. The Morgan fingerprint density at radius 2 is 2.43 bits per heavy atom. The van der Waals surface area contributed by atoms with Gasteiger partial charge in [0.05, 0.1) is 0 Å². The number of pyridine rings is 1. The average molecular weight is 261 g/mol. The van der Waals surface area contributed by atoms with Crippen molar-refractivity contribution in [3.63, 3.8) is 0 Å². The maximum absolute atomic E-state index is 4.21. The van der Waals surface area contributed by atoms with Crippen LogP contribution in [-0.4, -0.2) is 10.6 Å². The molecule has 0 saturated heterocycles. The van der Waals surface area contributed by atoms with Crippen LogP contribution < -0.4 is 0 Å². The van der Waals surface area contributed by atoms with E-state index in [9.17, 15) is 0 Å². The molecule has 0 radical (unpaired) electrons. The zero-order valence-electron chi connectivity index (χ0n) is 8.14. The minimum Gasteiger partial charge on any atom is -0.264 e. The first-order valence-corrected chi connectivity index (χ1v) is 11.3. The third-order valence-corrected chi connectivity index (χ3v) is 14.3. The average Bonchev–Trinajstić information content (AvgIpc) is 2.56. The molecule has 4 unspecified atom stereocenters. The molecule has 2 rings (SSSR count). The van der Waals surface area contributed by atoms with Gasteiger partial charge in [0, 0.05) is 12.4 Å². The third-order valence-electron chi connectivity index (χ3n) is 2.94. The van der Waals surface area contributed by atoms with E-state index in [2.05, 4.69) is 35.8 Å². The fourth-order valence-corrected chi connectivity index (χ4v) is 7.66. The number of fused-ring (bicyclic) bond motifs is 1. The molecular formula is C9H15NP4. The number of hydrogen-bond donors (Lipinski definition) is 0. The van der Waals surface area contributed by atoms with Gasteiger partial charge in [-0.2, -0.15) is 0 Å². The van der Waals surface area contributed by atoms with Gasteiger partial charge in [0.15, 0.2) is 0 Å². The Balaban J connectivity index is 2.25. The van der Waals surface area contributed by atoms with Gasteiger partial charge in [-0.3, -0.25) is 4.98 Å². The summed E-state index contributed by atoms with van der Waals surface area (Å²) in [4.78, 5) is 4.21. The van der Waals surface area contributed by atoms with Gasteiger partial charge in [0.25, 0.3) is 0 Å². The van der Waals surface area contributed by atoms with E-state index in [4.69, 9.17) is 0 Å². The first kappa shape index (κ1) is 11.4. The summed E-state index contributed by atoms with van der Waals surface area (Å²) >= 11 is 0. The number of rotatable bonds is 2. The molecule has 5 heteroatoms. The van der Waals surface area contributed by atoms with E-state index in [0.717, 1.165) is 19.5 Å². The Kier molecular flexibility index (Phi) is 3.90. The van der Waals surface area contributed by atoms with Crippen molar-refractivity contribution in [2.24, 2.45) is 0 Å². The van der Waals surface area contributed by atoms with E-state index >= 15 is 0 Å². The van der Waals surface area contributed by atoms with E-state index < -0.39 is 0 Å². The molecule has 0 aromatic carbocycles. The summed E-state index contributed by atoms with van der Waals surface area (Å²) in [6.07, 6.45) is 5.21. The zero-order valence-corrected chi connectivity index (χ0v) is 12.3. The molecule has 0 saturated carbocycles. The van der Waals surface area contributed by atoms with Crippen molar-refractivity contribution in [3.05, 3.63) is 29.6 Å². The first-order chi connectivity index (χ1) is 6.74. The number of aromatic nitrogens is 1. The lowest BCUT2D eigenvalue weighted by Crippen LogP contribution is -2.04. The molecule has 1 aliphatic carbocycles. The minimum absolute atomic E-state index is 0.114. The van der Waals surface area contributed by atoms with Crippen LogP contribution in [-0.2, 0) is 6.42 Å². The standard InChI is InChI=1S/C9H15NP4/c1-6-8-2-3-10-5-7(8)4-9(6)14(12)13-11/h2-3,5-6,9,13H,4,11-12H2,1H3/t6-,9-,14?/m0/s1. The molecule has 76 valence electrons. The Morgan fingerprint density at radius 1 is 1.64 bits per heavy atom. The lowest BCUT2D eigenvalue weighted by Gasteiger charge is -2.22. The van der Waals surface area contributed by atoms with Crippen LogP contribution in [0.5, 0.6) is 0 Å². The van der Waals surface area contributed by atoms with Gasteiger partial charge in [-0.15, -0.1) is 17.9 Å². The first-order valence-electron chi connectivity index (χ1n) is 4.67. The topological polar surface area (TPSA) is 12.9 Å². The van der Waals surface area contributed by atoms with Crippen LogP contribution in [0.25, 0.3) is 0 Å². The second kappa shape index (κ2) is 4.80. The van der Waals surface area contributed by atoms with E-state index in [1.54, 1.807) is 0 Å². The summed E-state index contributed by atoms with van der Waals surface area (Å²) in [5.41, 5.74) is 3.86. The molecular weight excluding hydrogens is 246 g/mol. The SMILES string of the molecule is C[C@H]1c2ccncc2C[C@@H]1P(P)PP. The van der Waals surface area contributed by atoms with Crippen LogP contribution in [0.2, 0.25) is 0 Å². The summed E-state index contributed by atoms with van der Waals surface area (Å²) in [7, 11) is 7.07. The van der Waals surface area contributed by atoms with Gasteiger partial charge in [0.2, 0.25) is 0 Å². The molecule has 0 bridgehead atoms. The van der Waals surface area contributed by atoms with Crippen LogP contribution in [0.3, 0.4) is 0 Å². The summed E-state index contributed by atoms with van der Waals surface area (Å²) in [5, 5.41) is 0. The lowest BCUT2D eigenvalue weighted by molar-refractivity contribution is 0.764. The Labute approximate surface area is 92.9 Å². The maximum Gasteiger partial charge on any atom is 0.0302 e. The molecule has 0 aliphatic heterocycles. The molecule has 0 amide bonds. The Bertz CT molecular complexity index is 330. The second-order valence-corrected chi connectivity index (χ2v) is 13.3. The largest absolute Gasteiger partial charge is 0.264 e. The molecule has 1 aliphatic rings.